The van der Waals surface area contributed by atoms with Gasteiger partial charge in [0.1, 0.15) is 17.0 Å². The number of nitrogens with zero attached hydrogens (tertiary/aromatic N) is 4. The van der Waals surface area contributed by atoms with Gasteiger partial charge >= 0.3 is 6.18 Å². The van der Waals surface area contributed by atoms with Crippen LogP contribution in [0.15, 0.2) is 52.9 Å². The minimum Gasteiger partial charge on any atom is -0.494 e. The molecule has 0 saturated carbocycles. The van der Waals surface area contributed by atoms with E-state index in [9.17, 15) is 23.1 Å². The fraction of sp³-hybridized carbons (Fsp3) is 0.321. The summed E-state index contributed by atoms with van der Waals surface area (Å²) in [7, 11) is 1.34. The van der Waals surface area contributed by atoms with Gasteiger partial charge in [0.05, 0.1) is 19.8 Å². The van der Waals surface area contributed by atoms with E-state index >= 15 is 0 Å². The number of carbonyl (C=O) groups excluding carboxylic acids is 1. The van der Waals surface area contributed by atoms with E-state index in [0.29, 0.717) is 48.7 Å². The zero-order chi connectivity index (χ0) is 29.3. The first-order chi connectivity index (χ1) is 19.6. The van der Waals surface area contributed by atoms with E-state index in [-0.39, 0.29) is 41.1 Å². The highest BCUT2D eigenvalue weighted by atomic mass is 35.5. The van der Waals surface area contributed by atoms with Crippen LogP contribution in [0.5, 0.6) is 5.75 Å². The average molecular weight is 590 g/mol. The number of fused-ring (bicyclic) bond motifs is 1. The van der Waals surface area contributed by atoms with Crippen LogP contribution in [0, 0.1) is 0 Å². The molecule has 1 aliphatic heterocycles. The zero-order valence-electron chi connectivity index (χ0n) is 22.0. The number of piperazine rings is 1. The molecule has 5 rings (SSSR count). The van der Waals surface area contributed by atoms with E-state index in [1.807, 2.05) is 0 Å². The van der Waals surface area contributed by atoms with Crippen molar-refractivity contribution in [1.29, 1.82) is 0 Å². The van der Waals surface area contributed by atoms with Crippen molar-refractivity contribution < 1.29 is 32.2 Å². The minimum atomic E-state index is -4.64. The number of carbonyl (C=O) groups is 1. The average Bonchev–Trinajstić information content (AvgIpc) is 3.40. The van der Waals surface area contributed by atoms with Gasteiger partial charge in [-0.15, -0.1) is 0 Å². The Morgan fingerprint density at radius 2 is 1.80 bits per heavy atom. The van der Waals surface area contributed by atoms with Crippen LogP contribution in [0.4, 0.5) is 13.2 Å². The van der Waals surface area contributed by atoms with Crippen LogP contribution in [0.25, 0.3) is 22.4 Å². The standard InChI is InChI=1S/C28H27ClF3N5O4/c1-40-21-8-6-19(18-7-9-23(28(30,31)32)34-24(18)21)26-35-25(22(14-33)41-26)27(39)37-12-10-36(11-13-37)15-20(38)16-2-4-17(29)5-3-16/h2-9,20,38H,10-15,33H2,1H3. The Morgan fingerprint density at radius 1 is 1.10 bits per heavy atom. The molecule has 1 aliphatic rings. The lowest BCUT2D eigenvalue weighted by atomic mass is 10.1. The Balaban J connectivity index is 1.34. The lowest BCUT2D eigenvalue weighted by Crippen LogP contribution is -2.49. The number of pyridine rings is 1. The summed E-state index contributed by atoms with van der Waals surface area (Å²) in [5.41, 5.74) is 5.93. The van der Waals surface area contributed by atoms with Crippen molar-refractivity contribution in [3.63, 3.8) is 0 Å². The van der Waals surface area contributed by atoms with Gasteiger partial charge in [0, 0.05) is 48.7 Å². The molecular formula is C28H27ClF3N5O4. The number of methoxy groups -OCH3 is 1. The van der Waals surface area contributed by atoms with Crippen LogP contribution in [-0.4, -0.2) is 70.6 Å². The minimum absolute atomic E-state index is 0.0166. The van der Waals surface area contributed by atoms with Gasteiger partial charge < -0.3 is 24.9 Å². The molecule has 2 aromatic heterocycles. The van der Waals surface area contributed by atoms with Crippen LogP contribution < -0.4 is 10.5 Å². The predicted molar refractivity (Wildman–Crippen MR) is 145 cm³/mol. The van der Waals surface area contributed by atoms with Crippen LogP contribution >= 0.6 is 11.6 Å². The second kappa shape index (κ2) is 11.6. The summed E-state index contributed by atoms with van der Waals surface area (Å²) in [6, 6.07) is 12.2. The van der Waals surface area contributed by atoms with E-state index < -0.39 is 18.0 Å². The number of β-amino-alcohol motifs (C(OH)–C–C–N with tert-alkyl or cyclic N) is 1. The molecule has 0 radical (unpaired) electrons. The number of oxazole rings is 1. The van der Waals surface area contributed by atoms with E-state index in [2.05, 4.69) is 14.9 Å². The molecule has 0 aliphatic carbocycles. The summed E-state index contributed by atoms with van der Waals surface area (Å²) in [6.45, 7) is 2.17. The maximum absolute atomic E-state index is 13.4. The summed E-state index contributed by atoms with van der Waals surface area (Å²) >= 11 is 5.93. The van der Waals surface area contributed by atoms with Crippen molar-refractivity contribution in [2.24, 2.45) is 5.73 Å². The highest BCUT2D eigenvalue weighted by Crippen LogP contribution is 2.37. The van der Waals surface area contributed by atoms with Crippen LogP contribution in [0.3, 0.4) is 0 Å². The van der Waals surface area contributed by atoms with Gasteiger partial charge in [-0.3, -0.25) is 9.69 Å². The number of aliphatic hydroxyl groups excluding tert-OH is 1. The molecule has 2 aromatic carbocycles. The Bertz CT molecular complexity index is 1550. The maximum Gasteiger partial charge on any atom is 0.433 e. The second-order valence-corrected chi connectivity index (χ2v) is 10.00. The summed E-state index contributed by atoms with van der Waals surface area (Å²) in [4.78, 5) is 25.3. The lowest BCUT2D eigenvalue weighted by molar-refractivity contribution is -0.140. The Hall–Kier alpha value is -3.71. The topological polar surface area (TPSA) is 118 Å². The SMILES string of the molecule is COc1ccc(-c2nc(C(=O)N3CCN(CC(O)c4ccc(Cl)cc4)CC3)c(CN)o2)c2ccc(C(F)(F)F)nc12. The number of aromatic nitrogens is 2. The Kier molecular flexibility index (Phi) is 8.18. The molecule has 3 heterocycles. The van der Waals surface area contributed by atoms with E-state index in [4.69, 9.17) is 26.5 Å². The second-order valence-electron chi connectivity index (χ2n) is 9.56. The monoisotopic (exact) mass is 589 g/mol. The number of nitrogens with two attached hydrogens (primary N) is 1. The molecule has 1 amide bonds. The van der Waals surface area contributed by atoms with Crippen LogP contribution in [0.1, 0.15) is 33.6 Å². The normalized spacial score (nSPS) is 15.3. The molecule has 216 valence electrons. The third-order valence-electron chi connectivity index (χ3n) is 6.99. The predicted octanol–water partition coefficient (Wildman–Crippen LogP) is 4.52. The Morgan fingerprint density at radius 3 is 2.44 bits per heavy atom. The Labute approximate surface area is 238 Å². The van der Waals surface area contributed by atoms with E-state index in [0.717, 1.165) is 11.6 Å². The molecule has 1 atom stereocenters. The number of amides is 1. The van der Waals surface area contributed by atoms with Crippen LogP contribution in [0.2, 0.25) is 5.02 Å². The number of alkyl halides is 3. The lowest BCUT2D eigenvalue weighted by Gasteiger charge is -2.35. The fourth-order valence-electron chi connectivity index (χ4n) is 4.79. The molecule has 1 fully saturated rings. The molecule has 41 heavy (non-hydrogen) atoms. The smallest absolute Gasteiger partial charge is 0.433 e. The van der Waals surface area contributed by atoms with Gasteiger partial charge in [-0.05, 0) is 42.0 Å². The molecule has 4 aromatic rings. The molecule has 13 heteroatoms. The maximum atomic E-state index is 13.4. The quantitative estimate of drug-likeness (QED) is 0.323. The van der Waals surface area contributed by atoms with Crippen molar-refractivity contribution in [2.75, 3.05) is 39.8 Å². The first-order valence-corrected chi connectivity index (χ1v) is 13.2. The van der Waals surface area contributed by atoms with Gasteiger partial charge in [0.15, 0.2) is 11.5 Å². The highest BCUT2D eigenvalue weighted by Gasteiger charge is 2.33. The number of halogens is 4. The number of hydrogen-bond donors (Lipinski definition) is 2. The first kappa shape index (κ1) is 28.8. The summed E-state index contributed by atoms with van der Waals surface area (Å²) in [6.07, 6.45) is -5.33. The molecular weight excluding hydrogens is 563 g/mol. The first-order valence-electron chi connectivity index (χ1n) is 12.8. The molecule has 9 nitrogen and oxygen atoms in total. The van der Waals surface area contributed by atoms with Crippen molar-refractivity contribution in [3.05, 3.63) is 76.3 Å². The summed E-state index contributed by atoms with van der Waals surface area (Å²) < 4.78 is 51.0. The number of benzene rings is 2. The summed E-state index contributed by atoms with van der Waals surface area (Å²) in [5.74, 6) is -0.0216. The fourth-order valence-corrected chi connectivity index (χ4v) is 4.92. The number of hydrogen-bond acceptors (Lipinski definition) is 8. The molecule has 0 bridgehead atoms. The molecule has 0 spiro atoms. The van der Waals surface area contributed by atoms with Crippen molar-refractivity contribution >= 4 is 28.4 Å². The van der Waals surface area contributed by atoms with Gasteiger partial charge in [-0.2, -0.15) is 13.2 Å². The van der Waals surface area contributed by atoms with E-state index in [1.165, 1.54) is 19.2 Å². The zero-order valence-corrected chi connectivity index (χ0v) is 22.7. The van der Waals surface area contributed by atoms with Crippen LogP contribution in [-0.2, 0) is 12.7 Å². The van der Waals surface area contributed by atoms with Gasteiger partial charge in [-0.25, -0.2) is 9.97 Å². The molecule has 3 N–H and O–H groups in total. The van der Waals surface area contributed by atoms with Gasteiger partial charge in [-0.1, -0.05) is 23.7 Å². The van der Waals surface area contributed by atoms with Gasteiger partial charge in [0.25, 0.3) is 5.91 Å². The number of aliphatic hydroxyl groups is 1. The molecule has 1 saturated heterocycles. The third-order valence-corrected chi connectivity index (χ3v) is 7.24. The largest absolute Gasteiger partial charge is 0.494 e. The highest BCUT2D eigenvalue weighted by molar-refractivity contribution is 6.30. The summed E-state index contributed by atoms with van der Waals surface area (Å²) in [5, 5.41) is 11.5. The van der Waals surface area contributed by atoms with Crippen molar-refractivity contribution in [3.8, 4) is 17.2 Å². The van der Waals surface area contributed by atoms with Crippen molar-refractivity contribution in [2.45, 2.75) is 18.8 Å². The van der Waals surface area contributed by atoms with Crippen molar-refractivity contribution in [1.82, 2.24) is 19.8 Å². The number of rotatable bonds is 7. The van der Waals surface area contributed by atoms with Gasteiger partial charge in [0.2, 0.25) is 5.89 Å². The molecule has 1 unspecified atom stereocenters. The van der Waals surface area contributed by atoms with E-state index in [1.54, 1.807) is 35.2 Å². The third kappa shape index (κ3) is 6.01. The number of ether oxygens (including phenoxy) is 1.